The van der Waals surface area contributed by atoms with Crippen molar-refractivity contribution < 1.29 is 5.11 Å². The van der Waals surface area contributed by atoms with Gasteiger partial charge in [0.2, 0.25) is 5.88 Å². The van der Waals surface area contributed by atoms with E-state index in [0.29, 0.717) is 11.8 Å². The van der Waals surface area contributed by atoms with Gasteiger partial charge in [-0.25, -0.2) is 4.68 Å². The maximum absolute atomic E-state index is 10.6. The van der Waals surface area contributed by atoms with Crippen molar-refractivity contribution in [3.8, 4) is 11.6 Å². The quantitative estimate of drug-likeness (QED) is 0.887. The van der Waals surface area contributed by atoms with Gasteiger partial charge in [0.1, 0.15) is 0 Å². The summed E-state index contributed by atoms with van der Waals surface area (Å²) in [5, 5.41) is 15.2. The monoisotopic (exact) mass is 286 g/mol. The van der Waals surface area contributed by atoms with Gasteiger partial charge in [0.25, 0.3) is 0 Å². The van der Waals surface area contributed by atoms with E-state index in [9.17, 15) is 5.11 Å². The first-order valence-electron chi connectivity index (χ1n) is 7.81. The molecule has 1 heterocycles. The topological polar surface area (TPSA) is 38.0 Å². The fourth-order valence-electron chi connectivity index (χ4n) is 2.58. The number of nitrogens with zero attached hydrogens (tertiary/aromatic N) is 2. The van der Waals surface area contributed by atoms with Crippen molar-refractivity contribution in [1.29, 1.82) is 0 Å². The molecule has 0 radical (unpaired) electrons. The molecule has 0 amide bonds. The third-order valence-corrected chi connectivity index (χ3v) is 3.88. The van der Waals surface area contributed by atoms with Gasteiger partial charge >= 0.3 is 0 Å². The molecule has 1 N–H and O–H groups in total. The standard InChI is InChI=1S/C18H26N2O/c1-6-7-16-17(10-12(2)3)19-20(18(16)21)15-9-8-13(4)14(5)11-15/h8-9,11-12,21H,6-7,10H2,1-5H3. The fourth-order valence-corrected chi connectivity index (χ4v) is 2.58. The van der Waals surface area contributed by atoms with Crippen LogP contribution in [-0.2, 0) is 12.8 Å². The van der Waals surface area contributed by atoms with Crippen LogP contribution in [0.25, 0.3) is 5.69 Å². The second-order valence-electron chi connectivity index (χ2n) is 6.28. The molecule has 0 saturated carbocycles. The van der Waals surface area contributed by atoms with E-state index in [1.54, 1.807) is 4.68 Å². The molecule has 3 heteroatoms. The van der Waals surface area contributed by atoms with E-state index in [1.165, 1.54) is 11.1 Å². The molecule has 0 aliphatic carbocycles. The Balaban J connectivity index is 2.50. The van der Waals surface area contributed by atoms with E-state index in [-0.39, 0.29) is 0 Å². The van der Waals surface area contributed by atoms with E-state index >= 15 is 0 Å². The smallest absolute Gasteiger partial charge is 0.217 e. The number of benzene rings is 1. The highest BCUT2D eigenvalue weighted by molar-refractivity contribution is 5.44. The molecule has 0 unspecified atom stereocenters. The second kappa shape index (κ2) is 6.33. The van der Waals surface area contributed by atoms with Crippen molar-refractivity contribution in [2.75, 3.05) is 0 Å². The van der Waals surface area contributed by atoms with Crippen molar-refractivity contribution in [3.63, 3.8) is 0 Å². The van der Waals surface area contributed by atoms with Gasteiger partial charge in [-0.15, -0.1) is 0 Å². The van der Waals surface area contributed by atoms with E-state index < -0.39 is 0 Å². The summed E-state index contributed by atoms with van der Waals surface area (Å²) in [5.41, 5.74) is 5.43. The molecule has 2 rings (SSSR count). The third kappa shape index (κ3) is 3.29. The SMILES string of the molecule is CCCc1c(CC(C)C)nn(-c2ccc(C)c(C)c2)c1O. The van der Waals surface area contributed by atoms with Crippen LogP contribution in [0.5, 0.6) is 5.88 Å². The molecule has 3 nitrogen and oxygen atoms in total. The summed E-state index contributed by atoms with van der Waals surface area (Å²) in [6, 6.07) is 6.17. The molecular formula is C18H26N2O. The Labute approximate surface area is 127 Å². The summed E-state index contributed by atoms with van der Waals surface area (Å²) in [6.45, 7) is 10.7. The highest BCUT2D eigenvalue weighted by Gasteiger charge is 2.18. The summed E-state index contributed by atoms with van der Waals surface area (Å²) in [6.07, 6.45) is 2.79. The molecule has 0 aliphatic rings. The Bertz CT molecular complexity index is 626. The molecule has 0 bridgehead atoms. The highest BCUT2D eigenvalue weighted by atomic mass is 16.3. The lowest BCUT2D eigenvalue weighted by molar-refractivity contribution is 0.427. The summed E-state index contributed by atoms with van der Waals surface area (Å²) in [5.74, 6) is 0.832. The molecule has 2 aromatic rings. The first kappa shape index (κ1) is 15.6. The van der Waals surface area contributed by atoms with Crippen molar-refractivity contribution in [1.82, 2.24) is 9.78 Å². The minimum absolute atomic E-state index is 0.302. The summed E-state index contributed by atoms with van der Waals surface area (Å²) in [4.78, 5) is 0. The highest BCUT2D eigenvalue weighted by Crippen LogP contribution is 2.28. The van der Waals surface area contributed by atoms with Crippen LogP contribution in [0, 0.1) is 19.8 Å². The molecular weight excluding hydrogens is 260 g/mol. The first-order valence-corrected chi connectivity index (χ1v) is 7.81. The number of hydrogen-bond donors (Lipinski definition) is 1. The van der Waals surface area contributed by atoms with Crippen molar-refractivity contribution >= 4 is 0 Å². The molecule has 0 fully saturated rings. The predicted octanol–water partition coefficient (Wildman–Crippen LogP) is 4.35. The Hall–Kier alpha value is -1.77. The molecule has 21 heavy (non-hydrogen) atoms. The average Bonchev–Trinajstić information content (AvgIpc) is 2.71. The van der Waals surface area contributed by atoms with Crippen LogP contribution in [0.2, 0.25) is 0 Å². The zero-order valence-corrected chi connectivity index (χ0v) is 13.8. The maximum atomic E-state index is 10.6. The zero-order chi connectivity index (χ0) is 15.6. The van der Waals surface area contributed by atoms with Gasteiger partial charge in [0.15, 0.2) is 0 Å². The number of aromatic hydroxyl groups is 1. The molecule has 114 valence electrons. The van der Waals surface area contributed by atoms with Gasteiger partial charge in [0.05, 0.1) is 11.4 Å². The van der Waals surface area contributed by atoms with Crippen LogP contribution < -0.4 is 0 Å². The van der Waals surface area contributed by atoms with Crippen molar-refractivity contribution in [2.24, 2.45) is 5.92 Å². The molecule has 0 spiro atoms. The lowest BCUT2D eigenvalue weighted by Crippen LogP contribution is -2.00. The van der Waals surface area contributed by atoms with Crippen molar-refractivity contribution in [3.05, 3.63) is 40.6 Å². The van der Waals surface area contributed by atoms with Crippen LogP contribution in [0.1, 0.15) is 49.6 Å². The van der Waals surface area contributed by atoms with Crippen LogP contribution in [-0.4, -0.2) is 14.9 Å². The number of aromatic nitrogens is 2. The third-order valence-electron chi connectivity index (χ3n) is 3.88. The average molecular weight is 286 g/mol. The summed E-state index contributed by atoms with van der Waals surface area (Å²) in [7, 11) is 0. The van der Waals surface area contributed by atoms with Gasteiger partial charge in [-0.3, -0.25) is 0 Å². The molecule has 0 aliphatic heterocycles. The molecule has 0 saturated heterocycles. The Morgan fingerprint density at radius 3 is 2.48 bits per heavy atom. The van der Waals surface area contributed by atoms with Gasteiger partial charge < -0.3 is 5.11 Å². The van der Waals surface area contributed by atoms with Crippen LogP contribution in [0.3, 0.4) is 0 Å². The van der Waals surface area contributed by atoms with Crippen LogP contribution in [0.4, 0.5) is 0 Å². The van der Waals surface area contributed by atoms with E-state index in [2.05, 4.69) is 51.9 Å². The maximum Gasteiger partial charge on any atom is 0.217 e. The van der Waals surface area contributed by atoms with E-state index in [1.807, 2.05) is 6.07 Å². The van der Waals surface area contributed by atoms with Gasteiger partial charge in [-0.1, -0.05) is 33.3 Å². The zero-order valence-electron chi connectivity index (χ0n) is 13.8. The van der Waals surface area contributed by atoms with E-state index in [0.717, 1.165) is 36.2 Å². The van der Waals surface area contributed by atoms with Gasteiger partial charge in [-0.05, 0) is 55.9 Å². The number of aryl methyl sites for hydroxylation is 2. The van der Waals surface area contributed by atoms with Gasteiger partial charge in [-0.2, -0.15) is 5.10 Å². The minimum Gasteiger partial charge on any atom is -0.493 e. The van der Waals surface area contributed by atoms with E-state index in [4.69, 9.17) is 0 Å². The Morgan fingerprint density at radius 2 is 1.90 bits per heavy atom. The summed E-state index contributed by atoms with van der Waals surface area (Å²) >= 11 is 0. The molecule has 0 atom stereocenters. The minimum atomic E-state index is 0.302. The Kier molecular flexibility index (Phi) is 4.71. The first-order chi connectivity index (χ1) is 9.93. The lowest BCUT2D eigenvalue weighted by atomic mass is 10.0. The summed E-state index contributed by atoms with van der Waals surface area (Å²) < 4.78 is 1.69. The van der Waals surface area contributed by atoms with Crippen LogP contribution in [0.15, 0.2) is 18.2 Å². The number of hydrogen-bond acceptors (Lipinski definition) is 2. The Morgan fingerprint density at radius 1 is 1.19 bits per heavy atom. The second-order valence-corrected chi connectivity index (χ2v) is 6.28. The molecule has 1 aromatic heterocycles. The predicted molar refractivity (Wildman–Crippen MR) is 87.2 cm³/mol. The molecule has 1 aromatic carbocycles. The largest absolute Gasteiger partial charge is 0.493 e. The fraction of sp³-hybridized carbons (Fsp3) is 0.500. The van der Waals surface area contributed by atoms with Crippen LogP contribution >= 0.6 is 0 Å². The normalized spacial score (nSPS) is 11.3. The number of rotatable bonds is 5. The van der Waals surface area contributed by atoms with Crippen molar-refractivity contribution in [2.45, 2.75) is 53.9 Å². The lowest BCUT2D eigenvalue weighted by Gasteiger charge is -2.06. The van der Waals surface area contributed by atoms with Gasteiger partial charge in [0, 0.05) is 5.56 Å².